The molecule has 0 aliphatic heterocycles. The summed E-state index contributed by atoms with van der Waals surface area (Å²) in [4.78, 5) is 65.1. The first-order valence-corrected chi connectivity index (χ1v) is 12.4. The van der Waals surface area contributed by atoms with Crippen molar-refractivity contribution >= 4 is 28.1 Å². The molecule has 6 nitrogen and oxygen atoms in total. The third-order valence-corrected chi connectivity index (χ3v) is 16.5. The number of carbonyl (C=O) groups excluding carboxylic acids is 6. The molecule has 0 radical (unpaired) electrons. The van der Waals surface area contributed by atoms with Gasteiger partial charge in [0.05, 0.1) is 0 Å². The predicted octanol–water partition coefficient (Wildman–Crippen LogP) is -1.29. The Morgan fingerprint density at radius 2 is 1.00 bits per heavy atom. The molecule has 79 valence electrons. The van der Waals surface area contributed by atoms with Gasteiger partial charge in [-0.25, -0.2) is 0 Å². The van der Waals surface area contributed by atoms with Crippen LogP contribution >= 0.6 is 0 Å². The van der Waals surface area contributed by atoms with E-state index in [0.717, 1.165) is 6.92 Å². The Morgan fingerprint density at radius 1 is 0.786 bits per heavy atom. The van der Waals surface area contributed by atoms with E-state index in [1.54, 1.807) is 0 Å². The predicted molar refractivity (Wildman–Crippen MR) is 44.4 cm³/mol. The van der Waals surface area contributed by atoms with Gasteiger partial charge < -0.3 is 0 Å². The molecule has 7 heteroatoms. The Labute approximate surface area is 77.2 Å². The number of rotatable bonds is 6. The van der Waals surface area contributed by atoms with Crippen LogP contribution in [0.4, 0.5) is 0 Å². The van der Waals surface area contributed by atoms with Gasteiger partial charge in [0.2, 0.25) is 0 Å². The van der Waals surface area contributed by atoms with E-state index in [-0.39, 0.29) is 23.8 Å². The summed E-state index contributed by atoms with van der Waals surface area (Å²) in [6.45, 7) is 0.717. The summed E-state index contributed by atoms with van der Waals surface area (Å²) in [5.41, 5.74) is 0. The Kier molecular flexibility index (Phi) is 2.57. The van der Waals surface area contributed by atoms with Crippen molar-refractivity contribution in [2.75, 3.05) is 0 Å². The minimum atomic E-state index is -6.83. The summed E-state index contributed by atoms with van der Waals surface area (Å²) in [7, 11) is 0. The van der Waals surface area contributed by atoms with Gasteiger partial charge in [0.25, 0.3) is 0 Å². The van der Waals surface area contributed by atoms with Crippen molar-refractivity contribution in [1.82, 2.24) is 0 Å². The van der Waals surface area contributed by atoms with Gasteiger partial charge in [-0.2, -0.15) is 0 Å². The van der Waals surface area contributed by atoms with Gasteiger partial charge in [-0.15, -0.1) is 0 Å². The Morgan fingerprint density at radius 3 is 1.00 bits per heavy atom. The second-order valence-corrected chi connectivity index (χ2v) is 20.8. The molecule has 0 fully saturated rings. The average molecular weight is 374 g/mol. The summed E-state index contributed by atoms with van der Waals surface area (Å²) in [5, 5.41) is 0. The van der Waals surface area contributed by atoms with Gasteiger partial charge in [-0.3, -0.25) is 0 Å². The zero-order valence-electron chi connectivity index (χ0n) is 7.21. The maximum atomic E-state index is 11.2. The SMILES string of the molecule is C[C](=O)[Re]([CH]=O)([CH]=O)([CH]=O)([CH]=O)[CH]=O. The molecule has 0 N–H and O–H groups in total. The number of carbonyl (C=O) groups is 6. The first kappa shape index (κ1) is 12.7. The van der Waals surface area contributed by atoms with E-state index in [2.05, 4.69) is 0 Å². The molecule has 0 saturated heterocycles. The number of hydrogen-bond donors (Lipinski definition) is 0. The molecule has 0 aromatic rings. The topological polar surface area (TPSA) is 102 Å². The van der Waals surface area contributed by atoms with E-state index in [1.807, 2.05) is 0 Å². The Balaban J connectivity index is 6.74. The molecule has 0 heterocycles. The van der Waals surface area contributed by atoms with Crippen LogP contribution in [0.3, 0.4) is 0 Å². The van der Waals surface area contributed by atoms with E-state index in [9.17, 15) is 28.8 Å². The zero-order chi connectivity index (χ0) is 11.5. The second kappa shape index (κ2) is 2.84. The summed E-state index contributed by atoms with van der Waals surface area (Å²) >= 11 is -6.83. The molecule has 0 spiro atoms. The molecular formula is C7H8O6Re. The molecule has 0 aliphatic carbocycles. The maximum absolute atomic E-state index is 11.2. The standard InChI is InChI=1S/C2H3O.5CHO.Re/c1-2-3;5*1-2;/h1H3;5*1H;. The van der Waals surface area contributed by atoms with Gasteiger partial charge in [-0.1, -0.05) is 0 Å². The van der Waals surface area contributed by atoms with Crippen molar-refractivity contribution in [2.45, 2.75) is 6.92 Å². The van der Waals surface area contributed by atoms with Crippen LogP contribution in [0.2, 0.25) is 0 Å². The van der Waals surface area contributed by atoms with E-state index in [4.69, 9.17) is 0 Å². The Bertz CT molecular complexity index is 297. The quantitative estimate of drug-likeness (QED) is 0.536. The van der Waals surface area contributed by atoms with Crippen LogP contribution in [-0.2, 0) is 41.9 Å². The molecule has 0 saturated carbocycles. The van der Waals surface area contributed by atoms with Gasteiger partial charge in [0, 0.05) is 0 Å². The van der Waals surface area contributed by atoms with E-state index in [0.29, 0.717) is 0 Å². The van der Waals surface area contributed by atoms with Crippen molar-refractivity contribution in [3.63, 3.8) is 0 Å². The summed E-state index contributed by atoms with van der Waals surface area (Å²) < 4.78 is -3.01. The molecule has 0 aromatic carbocycles. The molecule has 0 bridgehead atoms. The molecule has 0 aliphatic rings. The molecule has 0 unspecified atom stereocenters. The average Bonchev–Trinajstić information content (AvgIpc) is 2.25. The van der Waals surface area contributed by atoms with Crippen LogP contribution in [0.1, 0.15) is 6.92 Å². The molecule has 14 heavy (non-hydrogen) atoms. The van der Waals surface area contributed by atoms with Crippen molar-refractivity contribution in [1.29, 1.82) is 0 Å². The van der Waals surface area contributed by atoms with Crippen molar-refractivity contribution < 1.29 is 41.9 Å². The van der Waals surface area contributed by atoms with Crippen molar-refractivity contribution in [2.24, 2.45) is 0 Å². The fraction of sp³-hybridized carbons (Fsp3) is 0.143. The van der Waals surface area contributed by atoms with E-state index in [1.165, 1.54) is 0 Å². The Hall–Kier alpha value is -1.32. The summed E-state index contributed by atoms with van der Waals surface area (Å²) in [5.74, 6) is 0. The first-order valence-electron chi connectivity index (χ1n) is 3.16. The van der Waals surface area contributed by atoms with Crippen molar-refractivity contribution in [3.05, 3.63) is 0 Å². The first-order chi connectivity index (χ1) is 6.37. The van der Waals surface area contributed by atoms with Crippen LogP contribution in [0.5, 0.6) is 0 Å². The van der Waals surface area contributed by atoms with Gasteiger partial charge >= 0.3 is 76.8 Å². The molecule has 0 rings (SSSR count). The van der Waals surface area contributed by atoms with Gasteiger partial charge in [-0.05, 0) is 0 Å². The normalized spacial score (nSPS) is 15.5. The fourth-order valence-electron chi connectivity index (χ4n) is 0.524. The molecule has 0 atom stereocenters. The summed E-state index contributed by atoms with van der Waals surface area (Å²) in [6.07, 6.45) is 0. The minimum absolute atomic E-state index is 0.350. The summed E-state index contributed by atoms with van der Waals surface area (Å²) in [6, 6.07) is 0. The third-order valence-electron chi connectivity index (χ3n) is 2.02. The fourth-order valence-corrected chi connectivity index (χ4v) is 4.29. The van der Waals surface area contributed by atoms with Crippen LogP contribution in [-0.4, -0.2) is 28.1 Å². The van der Waals surface area contributed by atoms with Gasteiger partial charge in [0.1, 0.15) is 0 Å². The third kappa shape index (κ3) is 0.883. The van der Waals surface area contributed by atoms with E-state index < -0.39 is 17.4 Å². The van der Waals surface area contributed by atoms with Crippen molar-refractivity contribution in [3.8, 4) is 0 Å². The molecule has 0 aromatic heterocycles. The van der Waals surface area contributed by atoms with Crippen LogP contribution in [0.25, 0.3) is 0 Å². The second-order valence-electron chi connectivity index (χ2n) is 2.72. The zero-order valence-corrected chi connectivity index (χ0v) is 9.93. The molecule has 0 amide bonds. The monoisotopic (exact) mass is 375 g/mol. The van der Waals surface area contributed by atoms with Crippen LogP contribution in [0, 0.1) is 0 Å². The van der Waals surface area contributed by atoms with Crippen LogP contribution in [0.15, 0.2) is 0 Å². The van der Waals surface area contributed by atoms with Crippen LogP contribution < -0.4 is 0 Å². The van der Waals surface area contributed by atoms with Gasteiger partial charge in [0.15, 0.2) is 0 Å². The molecular weight excluding hydrogens is 366 g/mol. The van der Waals surface area contributed by atoms with E-state index >= 15 is 0 Å². The number of hydrogen-bond acceptors (Lipinski definition) is 6.